The van der Waals surface area contributed by atoms with E-state index in [1.165, 1.54) is 12.4 Å². The summed E-state index contributed by atoms with van der Waals surface area (Å²) in [5.41, 5.74) is 1.69. The van der Waals surface area contributed by atoms with Crippen molar-refractivity contribution >= 4 is 17.8 Å². The largest absolute Gasteiger partial charge is 0.478 e. The van der Waals surface area contributed by atoms with E-state index in [9.17, 15) is 9.59 Å². The van der Waals surface area contributed by atoms with Gasteiger partial charge in [0.15, 0.2) is 0 Å². The van der Waals surface area contributed by atoms with Gasteiger partial charge in [0, 0.05) is 38.4 Å². The van der Waals surface area contributed by atoms with Crippen molar-refractivity contribution in [3.8, 4) is 0 Å². The van der Waals surface area contributed by atoms with Crippen molar-refractivity contribution < 1.29 is 14.7 Å². The molecular weight excluding hydrogens is 320 g/mol. The number of benzene rings is 1. The van der Waals surface area contributed by atoms with Gasteiger partial charge >= 0.3 is 5.97 Å². The van der Waals surface area contributed by atoms with Gasteiger partial charge in [0.25, 0.3) is 5.91 Å². The molecule has 3 rings (SSSR count). The molecular formula is C18H20N4O3. The first-order valence-corrected chi connectivity index (χ1v) is 8.21. The first-order valence-electron chi connectivity index (χ1n) is 8.21. The standard InChI is InChI=1S/C18H20N4O3/c1-19-18-20-9-15(10-21-18)16(23)22-7-3-6-14(11-22)12-4-2-5-13(8-12)17(24)25/h2,4-5,8-10,14H,3,6-7,11H2,1H3,(H,24,25)(H,19,20,21). The lowest BCUT2D eigenvalue weighted by Crippen LogP contribution is -2.39. The fourth-order valence-corrected chi connectivity index (χ4v) is 3.11. The Labute approximate surface area is 145 Å². The number of hydrogen-bond donors (Lipinski definition) is 2. The minimum Gasteiger partial charge on any atom is -0.478 e. The highest BCUT2D eigenvalue weighted by atomic mass is 16.4. The number of nitrogens with one attached hydrogen (secondary N) is 1. The molecule has 1 amide bonds. The molecule has 0 bridgehead atoms. The maximum Gasteiger partial charge on any atom is 0.335 e. The molecule has 7 heteroatoms. The average molecular weight is 340 g/mol. The van der Waals surface area contributed by atoms with Crippen molar-refractivity contribution in [2.75, 3.05) is 25.5 Å². The van der Waals surface area contributed by atoms with E-state index in [1.54, 1.807) is 30.1 Å². The van der Waals surface area contributed by atoms with Crippen LogP contribution >= 0.6 is 0 Å². The summed E-state index contributed by atoms with van der Waals surface area (Å²) < 4.78 is 0. The second kappa shape index (κ2) is 7.29. The molecule has 1 aliphatic heterocycles. The van der Waals surface area contributed by atoms with E-state index >= 15 is 0 Å². The number of nitrogens with zero attached hydrogens (tertiary/aromatic N) is 3. The van der Waals surface area contributed by atoms with Crippen LogP contribution in [-0.2, 0) is 0 Å². The highest BCUT2D eigenvalue weighted by molar-refractivity contribution is 5.93. The Morgan fingerprint density at radius 3 is 2.68 bits per heavy atom. The second-order valence-electron chi connectivity index (χ2n) is 6.07. The average Bonchev–Trinajstić information content (AvgIpc) is 2.67. The van der Waals surface area contributed by atoms with Crippen LogP contribution in [-0.4, -0.2) is 52.0 Å². The Morgan fingerprint density at radius 1 is 1.24 bits per heavy atom. The van der Waals surface area contributed by atoms with Gasteiger partial charge in [-0.05, 0) is 30.5 Å². The topological polar surface area (TPSA) is 95.4 Å². The van der Waals surface area contributed by atoms with Crippen LogP contribution in [0.15, 0.2) is 36.7 Å². The third kappa shape index (κ3) is 3.76. The molecule has 2 heterocycles. The Balaban J connectivity index is 1.75. The van der Waals surface area contributed by atoms with Crippen molar-refractivity contribution in [3.63, 3.8) is 0 Å². The van der Waals surface area contributed by atoms with E-state index in [1.807, 2.05) is 6.07 Å². The molecule has 1 unspecified atom stereocenters. The molecule has 0 spiro atoms. The van der Waals surface area contributed by atoms with Crippen molar-refractivity contribution in [3.05, 3.63) is 53.3 Å². The number of hydrogen-bond acceptors (Lipinski definition) is 5. The first-order chi connectivity index (χ1) is 12.1. The molecule has 0 aliphatic carbocycles. The second-order valence-corrected chi connectivity index (χ2v) is 6.07. The fraction of sp³-hybridized carbons (Fsp3) is 0.333. The molecule has 1 saturated heterocycles. The number of anilines is 1. The molecule has 1 fully saturated rings. The molecule has 130 valence electrons. The molecule has 1 aliphatic rings. The van der Waals surface area contributed by atoms with Gasteiger partial charge < -0.3 is 15.3 Å². The van der Waals surface area contributed by atoms with E-state index in [4.69, 9.17) is 5.11 Å². The number of rotatable bonds is 4. The smallest absolute Gasteiger partial charge is 0.335 e. The Morgan fingerprint density at radius 2 is 2.00 bits per heavy atom. The molecule has 0 radical (unpaired) electrons. The Bertz CT molecular complexity index is 776. The third-order valence-corrected chi connectivity index (χ3v) is 4.44. The first kappa shape index (κ1) is 16.9. The van der Waals surface area contributed by atoms with E-state index in [2.05, 4.69) is 15.3 Å². The molecule has 2 aromatic rings. The number of aromatic carboxylic acids is 1. The van der Waals surface area contributed by atoms with E-state index in [-0.39, 0.29) is 17.4 Å². The highest BCUT2D eigenvalue weighted by Crippen LogP contribution is 2.28. The summed E-state index contributed by atoms with van der Waals surface area (Å²) in [5, 5.41) is 12.0. The minimum absolute atomic E-state index is 0.0956. The zero-order valence-electron chi connectivity index (χ0n) is 14.0. The third-order valence-electron chi connectivity index (χ3n) is 4.44. The number of carboxylic acid groups (broad SMARTS) is 1. The SMILES string of the molecule is CNc1ncc(C(=O)N2CCCC(c3cccc(C(=O)O)c3)C2)cn1. The lowest BCUT2D eigenvalue weighted by atomic mass is 9.89. The number of carboxylic acids is 1. The number of carbonyl (C=O) groups excluding carboxylic acids is 1. The summed E-state index contributed by atoms with van der Waals surface area (Å²) >= 11 is 0. The Kier molecular flexibility index (Phi) is 4.92. The fourth-order valence-electron chi connectivity index (χ4n) is 3.11. The van der Waals surface area contributed by atoms with Gasteiger partial charge in [0.1, 0.15) is 0 Å². The van der Waals surface area contributed by atoms with Gasteiger partial charge in [-0.1, -0.05) is 12.1 Å². The predicted molar refractivity (Wildman–Crippen MR) is 92.9 cm³/mol. The minimum atomic E-state index is -0.938. The van der Waals surface area contributed by atoms with Crippen LogP contribution in [0.25, 0.3) is 0 Å². The zero-order chi connectivity index (χ0) is 17.8. The summed E-state index contributed by atoms with van der Waals surface area (Å²) in [7, 11) is 1.72. The van der Waals surface area contributed by atoms with Crippen LogP contribution in [0.2, 0.25) is 0 Å². The molecule has 1 atom stereocenters. The molecule has 1 aromatic carbocycles. The molecule has 0 saturated carbocycles. The van der Waals surface area contributed by atoms with Crippen LogP contribution in [0.4, 0.5) is 5.95 Å². The van der Waals surface area contributed by atoms with Gasteiger partial charge in [0.2, 0.25) is 5.95 Å². The van der Waals surface area contributed by atoms with Gasteiger partial charge in [-0.25, -0.2) is 14.8 Å². The van der Waals surface area contributed by atoms with Crippen LogP contribution in [0, 0.1) is 0 Å². The van der Waals surface area contributed by atoms with Crippen molar-refractivity contribution in [2.24, 2.45) is 0 Å². The predicted octanol–water partition coefficient (Wildman–Crippen LogP) is 2.24. The summed E-state index contributed by atoms with van der Waals surface area (Å²) in [6, 6.07) is 6.96. The van der Waals surface area contributed by atoms with Gasteiger partial charge in [-0.2, -0.15) is 0 Å². The Hall–Kier alpha value is -2.96. The zero-order valence-corrected chi connectivity index (χ0v) is 14.0. The van der Waals surface area contributed by atoms with E-state index < -0.39 is 5.97 Å². The lowest BCUT2D eigenvalue weighted by molar-refractivity contribution is 0.0687. The van der Waals surface area contributed by atoms with Gasteiger partial charge in [-0.3, -0.25) is 4.79 Å². The van der Waals surface area contributed by atoms with E-state index in [0.29, 0.717) is 24.6 Å². The van der Waals surface area contributed by atoms with Crippen LogP contribution in [0.5, 0.6) is 0 Å². The summed E-state index contributed by atoms with van der Waals surface area (Å²) in [6.07, 6.45) is 4.86. The quantitative estimate of drug-likeness (QED) is 0.886. The maximum atomic E-state index is 12.7. The van der Waals surface area contributed by atoms with Crippen molar-refractivity contribution in [1.82, 2.24) is 14.9 Å². The monoisotopic (exact) mass is 340 g/mol. The number of carbonyl (C=O) groups is 2. The summed E-state index contributed by atoms with van der Waals surface area (Å²) in [4.78, 5) is 33.8. The number of amides is 1. The summed E-state index contributed by atoms with van der Waals surface area (Å²) in [5.74, 6) is -0.429. The van der Waals surface area contributed by atoms with E-state index in [0.717, 1.165) is 18.4 Å². The van der Waals surface area contributed by atoms with Gasteiger partial charge in [-0.15, -0.1) is 0 Å². The maximum absolute atomic E-state index is 12.7. The summed E-state index contributed by atoms with van der Waals surface area (Å²) in [6.45, 7) is 1.25. The number of aromatic nitrogens is 2. The van der Waals surface area contributed by atoms with Crippen LogP contribution in [0.1, 0.15) is 45.0 Å². The van der Waals surface area contributed by atoms with Crippen molar-refractivity contribution in [1.29, 1.82) is 0 Å². The van der Waals surface area contributed by atoms with Crippen molar-refractivity contribution in [2.45, 2.75) is 18.8 Å². The number of piperidine rings is 1. The number of likely N-dealkylation sites (tertiary alicyclic amines) is 1. The highest BCUT2D eigenvalue weighted by Gasteiger charge is 2.26. The van der Waals surface area contributed by atoms with Crippen LogP contribution < -0.4 is 5.32 Å². The lowest BCUT2D eigenvalue weighted by Gasteiger charge is -2.33. The van der Waals surface area contributed by atoms with Gasteiger partial charge in [0.05, 0.1) is 11.1 Å². The molecule has 7 nitrogen and oxygen atoms in total. The molecule has 2 N–H and O–H groups in total. The normalized spacial score (nSPS) is 17.2. The van der Waals surface area contributed by atoms with Crippen LogP contribution in [0.3, 0.4) is 0 Å². The molecule has 25 heavy (non-hydrogen) atoms. The molecule has 1 aromatic heterocycles.